The summed E-state index contributed by atoms with van der Waals surface area (Å²) in [6.07, 6.45) is 2.51. The Morgan fingerprint density at radius 1 is 1.14 bits per heavy atom. The molecule has 2 aromatic heterocycles. The van der Waals surface area contributed by atoms with E-state index in [2.05, 4.69) is 28.3 Å². The van der Waals surface area contributed by atoms with Crippen LogP contribution in [0, 0.1) is 5.41 Å². The van der Waals surface area contributed by atoms with Crippen LogP contribution in [-0.4, -0.2) is 27.4 Å². The number of amides is 1. The molecule has 0 aliphatic heterocycles. The number of thiophene rings is 1. The van der Waals surface area contributed by atoms with E-state index in [4.69, 9.17) is 0 Å². The molecule has 0 radical (unpaired) electrons. The number of carbonyl (C=O) groups is 2. The lowest BCUT2D eigenvalue weighted by atomic mass is 9.95. The number of aromatic nitrogens is 2. The van der Waals surface area contributed by atoms with E-state index in [1.165, 1.54) is 16.6 Å². The predicted octanol–water partition coefficient (Wildman–Crippen LogP) is 5.21. The summed E-state index contributed by atoms with van der Waals surface area (Å²) in [7, 11) is 0. The maximum atomic E-state index is 12.6. The number of fused-ring (bicyclic) bond motifs is 1. The van der Waals surface area contributed by atoms with E-state index < -0.39 is 5.41 Å². The summed E-state index contributed by atoms with van der Waals surface area (Å²) in [6.45, 7) is 7.69. The molecule has 0 saturated heterocycles. The van der Waals surface area contributed by atoms with Gasteiger partial charge in [0.15, 0.2) is 5.78 Å². The number of hydrogen-bond donors (Lipinski definition) is 1. The molecular weight excluding hydrogens is 390 g/mol. The number of nitrogens with one attached hydrogen (secondary N) is 1. The molecule has 0 spiro atoms. The lowest BCUT2D eigenvalue weighted by molar-refractivity contribution is -0.123. The maximum Gasteiger partial charge on any atom is 0.229 e. The molecule has 0 saturated carbocycles. The van der Waals surface area contributed by atoms with Crippen molar-refractivity contribution in [2.75, 3.05) is 11.1 Å². The fourth-order valence-corrected chi connectivity index (χ4v) is 4.32. The van der Waals surface area contributed by atoms with Crippen LogP contribution in [0.25, 0.3) is 10.2 Å². The fraction of sp³-hybridized carbons (Fsp3) is 0.333. The first-order valence-electron chi connectivity index (χ1n) is 9.09. The van der Waals surface area contributed by atoms with E-state index >= 15 is 0 Å². The second-order valence-corrected chi connectivity index (χ2v) is 9.54. The number of nitrogens with zero attached hydrogens (tertiary/aromatic N) is 2. The van der Waals surface area contributed by atoms with Gasteiger partial charge < -0.3 is 5.32 Å². The summed E-state index contributed by atoms with van der Waals surface area (Å²) >= 11 is 3.10. The topological polar surface area (TPSA) is 72.0 Å². The predicted molar refractivity (Wildman–Crippen MR) is 116 cm³/mol. The number of hydrogen-bond acceptors (Lipinski definition) is 6. The third-order valence-electron chi connectivity index (χ3n) is 4.18. The summed E-state index contributed by atoms with van der Waals surface area (Å²) in [4.78, 5) is 35.5. The molecule has 0 unspecified atom stereocenters. The van der Waals surface area contributed by atoms with Crippen molar-refractivity contribution in [2.45, 2.75) is 39.1 Å². The summed E-state index contributed by atoms with van der Waals surface area (Å²) in [5, 5.41) is 4.72. The molecule has 1 N–H and O–H groups in total. The standard InChI is InChI=1S/C21H23N3O2S2/c1-5-15-10-16-18(22-12-23-19(16)28-15)27-11-17(25)13-6-8-14(9-7-13)24-20(26)21(2,3)4/h6-10,12H,5,11H2,1-4H3,(H,24,26). The minimum atomic E-state index is -0.465. The van der Waals surface area contributed by atoms with Gasteiger partial charge in [-0.25, -0.2) is 9.97 Å². The van der Waals surface area contributed by atoms with Gasteiger partial charge in [0.25, 0.3) is 0 Å². The van der Waals surface area contributed by atoms with Crippen molar-refractivity contribution in [1.29, 1.82) is 0 Å². The smallest absolute Gasteiger partial charge is 0.229 e. The zero-order chi connectivity index (χ0) is 20.3. The van der Waals surface area contributed by atoms with E-state index in [0.29, 0.717) is 17.0 Å². The van der Waals surface area contributed by atoms with Crippen LogP contribution in [0.2, 0.25) is 0 Å². The molecule has 7 heteroatoms. The number of rotatable bonds is 6. The minimum Gasteiger partial charge on any atom is -0.326 e. The average Bonchev–Trinajstić information content (AvgIpc) is 3.10. The molecule has 0 aliphatic carbocycles. The van der Waals surface area contributed by atoms with Crippen molar-refractivity contribution >= 4 is 50.7 Å². The van der Waals surface area contributed by atoms with Crippen LogP contribution in [-0.2, 0) is 11.2 Å². The molecule has 0 atom stereocenters. The third-order valence-corrected chi connectivity index (χ3v) is 6.37. The van der Waals surface area contributed by atoms with Crippen molar-refractivity contribution in [3.8, 4) is 0 Å². The highest BCUT2D eigenvalue weighted by Gasteiger charge is 2.21. The highest BCUT2D eigenvalue weighted by molar-refractivity contribution is 8.00. The fourth-order valence-electron chi connectivity index (χ4n) is 2.45. The maximum absolute atomic E-state index is 12.6. The number of ketones is 1. The first-order chi connectivity index (χ1) is 13.3. The monoisotopic (exact) mass is 413 g/mol. The number of anilines is 1. The average molecular weight is 414 g/mol. The van der Waals surface area contributed by atoms with E-state index in [1.54, 1.807) is 41.9 Å². The first kappa shape index (κ1) is 20.5. The van der Waals surface area contributed by atoms with Crippen LogP contribution in [0.15, 0.2) is 41.7 Å². The summed E-state index contributed by atoms with van der Waals surface area (Å²) in [6, 6.07) is 9.13. The van der Waals surface area contributed by atoms with Gasteiger partial charge in [-0.05, 0) is 36.8 Å². The van der Waals surface area contributed by atoms with Gasteiger partial charge in [0.1, 0.15) is 16.2 Å². The van der Waals surface area contributed by atoms with Crippen LogP contribution in [0.5, 0.6) is 0 Å². The van der Waals surface area contributed by atoms with Gasteiger partial charge in [0.2, 0.25) is 5.91 Å². The van der Waals surface area contributed by atoms with Crippen molar-refractivity contribution in [1.82, 2.24) is 9.97 Å². The second kappa shape index (κ2) is 8.41. The van der Waals surface area contributed by atoms with Crippen LogP contribution >= 0.6 is 23.1 Å². The molecule has 2 heterocycles. The molecule has 28 heavy (non-hydrogen) atoms. The van der Waals surface area contributed by atoms with Gasteiger partial charge in [-0.1, -0.05) is 39.5 Å². The van der Waals surface area contributed by atoms with Crippen LogP contribution in [0.3, 0.4) is 0 Å². The van der Waals surface area contributed by atoms with Gasteiger partial charge in [-0.3, -0.25) is 9.59 Å². The summed E-state index contributed by atoms with van der Waals surface area (Å²) in [5.41, 5.74) is 0.839. The Hall–Kier alpha value is -2.25. The Labute approximate surface area is 173 Å². The van der Waals surface area contributed by atoms with Crippen molar-refractivity contribution < 1.29 is 9.59 Å². The Bertz CT molecular complexity index is 1000. The van der Waals surface area contributed by atoms with Gasteiger partial charge >= 0.3 is 0 Å². The quantitative estimate of drug-likeness (QED) is 0.341. The summed E-state index contributed by atoms with van der Waals surface area (Å²) in [5.74, 6) is 0.269. The number of aryl methyl sites for hydroxylation is 1. The SMILES string of the molecule is CCc1cc2c(SCC(=O)c3ccc(NC(=O)C(C)(C)C)cc3)ncnc2s1. The lowest BCUT2D eigenvalue weighted by Gasteiger charge is -2.17. The number of benzene rings is 1. The number of thioether (sulfide) groups is 1. The molecular formula is C21H23N3O2S2. The minimum absolute atomic E-state index is 0.0244. The molecule has 1 aromatic carbocycles. The highest BCUT2D eigenvalue weighted by atomic mass is 32.2. The van der Waals surface area contributed by atoms with Gasteiger partial charge in [-0.2, -0.15) is 0 Å². The van der Waals surface area contributed by atoms with Gasteiger partial charge in [0, 0.05) is 26.9 Å². The normalized spacial score (nSPS) is 11.6. The first-order valence-corrected chi connectivity index (χ1v) is 10.9. The Morgan fingerprint density at radius 3 is 2.50 bits per heavy atom. The zero-order valence-electron chi connectivity index (χ0n) is 16.4. The number of Topliss-reactive ketones (excluding diaryl/α,β-unsaturated/α-hetero) is 1. The Morgan fingerprint density at radius 2 is 1.86 bits per heavy atom. The van der Waals surface area contributed by atoms with Crippen molar-refractivity contribution in [3.05, 3.63) is 47.1 Å². The van der Waals surface area contributed by atoms with Gasteiger partial charge in [0.05, 0.1) is 5.75 Å². The van der Waals surface area contributed by atoms with Crippen LogP contribution < -0.4 is 5.32 Å². The van der Waals surface area contributed by atoms with E-state index in [0.717, 1.165) is 21.7 Å². The van der Waals surface area contributed by atoms with Gasteiger partial charge in [-0.15, -0.1) is 11.3 Å². The molecule has 3 rings (SSSR count). The van der Waals surface area contributed by atoms with Crippen molar-refractivity contribution in [3.63, 3.8) is 0 Å². The summed E-state index contributed by atoms with van der Waals surface area (Å²) < 4.78 is 0. The van der Waals surface area contributed by atoms with Crippen LogP contribution in [0.4, 0.5) is 5.69 Å². The van der Waals surface area contributed by atoms with E-state index in [-0.39, 0.29) is 11.7 Å². The molecule has 146 valence electrons. The highest BCUT2D eigenvalue weighted by Crippen LogP contribution is 2.31. The largest absolute Gasteiger partial charge is 0.326 e. The second-order valence-electron chi connectivity index (χ2n) is 7.46. The Balaban J connectivity index is 1.65. The van der Waals surface area contributed by atoms with E-state index in [9.17, 15) is 9.59 Å². The third kappa shape index (κ3) is 4.77. The van der Waals surface area contributed by atoms with Crippen molar-refractivity contribution in [2.24, 2.45) is 5.41 Å². The lowest BCUT2D eigenvalue weighted by Crippen LogP contribution is -2.27. The zero-order valence-corrected chi connectivity index (χ0v) is 18.0. The number of carbonyl (C=O) groups excluding carboxylic acids is 2. The molecule has 3 aromatic rings. The molecule has 5 nitrogen and oxygen atoms in total. The van der Waals surface area contributed by atoms with E-state index in [1.807, 2.05) is 20.8 Å². The molecule has 0 aliphatic rings. The Kier molecular flexibility index (Phi) is 6.15. The van der Waals surface area contributed by atoms with Crippen LogP contribution in [0.1, 0.15) is 42.9 Å². The molecule has 1 amide bonds. The molecule has 0 fully saturated rings. The molecule has 0 bridgehead atoms.